The van der Waals surface area contributed by atoms with E-state index in [1.807, 2.05) is 48.5 Å². The SMILES string of the molecule is Clc1ccccc1NCc1cnc2ccccc2n1. The molecule has 0 unspecified atom stereocenters. The van der Waals surface area contributed by atoms with E-state index in [-0.39, 0.29) is 0 Å². The summed E-state index contributed by atoms with van der Waals surface area (Å²) in [6.07, 6.45) is 1.78. The number of nitrogens with zero attached hydrogens (tertiary/aromatic N) is 2. The molecule has 0 fully saturated rings. The number of para-hydroxylation sites is 3. The second-order valence-electron chi connectivity index (χ2n) is 4.18. The number of nitrogens with one attached hydrogen (secondary N) is 1. The summed E-state index contributed by atoms with van der Waals surface area (Å²) in [5.74, 6) is 0. The van der Waals surface area contributed by atoms with Gasteiger partial charge in [-0.1, -0.05) is 35.9 Å². The number of hydrogen-bond acceptors (Lipinski definition) is 3. The first-order chi connectivity index (χ1) is 9.33. The maximum absolute atomic E-state index is 6.09. The molecule has 0 radical (unpaired) electrons. The summed E-state index contributed by atoms with van der Waals surface area (Å²) in [6, 6.07) is 15.5. The van der Waals surface area contributed by atoms with Crippen molar-refractivity contribution < 1.29 is 0 Å². The van der Waals surface area contributed by atoms with Gasteiger partial charge in [-0.3, -0.25) is 4.98 Å². The maximum Gasteiger partial charge on any atom is 0.0890 e. The molecule has 0 spiro atoms. The van der Waals surface area contributed by atoms with Crippen LogP contribution in [0.5, 0.6) is 0 Å². The summed E-state index contributed by atoms with van der Waals surface area (Å²) in [5.41, 5.74) is 3.60. The quantitative estimate of drug-likeness (QED) is 0.784. The Kier molecular flexibility index (Phi) is 3.29. The zero-order valence-electron chi connectivity index (χ0n) is 10.2. The number of anilines is 1. The number of rotatable bonds is 3. The molecular weight excluding hydrogens is 258 g/mol. The molecule has 0 amide bonds. The van der Waals surface area contributed by atoms with Crippen molar-refractivity contribution in [3.63, 3.8) is 0 Å². The van der Waals surface area contributed by atoms with Gasteiger partial charge in [0.25, 0.3) is 0 Å². The Labute approximate surface area is 116 Å². The van der Waals surface area contributed by atoms with Crippen LogP contribution in [0, 0.1) is 0 Å². The third-order valence-electron chi connectivity index (χ3n) is 2.83. The first-order valence-corrected chi connectivity index (χ1v) is 6.40. The molecule has 0 aliphatic rings. The second kappa shape index (κ2) is 5.24. The van der Waals surface area contributed by atoms with Crippen LogP contribution in [0.3, 0.4) is 0 Å². The molecule has 4 heteroatoms. The summed E-state index contributed by atoms with van der Waals surface area (Å²) in [6.45, 7) is 0.599. The summed E-state index contributed by atoms with van der Waals surface area (Å²) in [4.78, 5) is 8.93. The highest BCUT2D eigenvalue weighted by Gasteiger charge is 2.01. The Morgan fingerprint density at radius 3 is 2.53 bits per heavy atom. The maximum atomic E-state index is 6.09. The molecule has 0 saturated heterocycles. The van der Waals surface area contributed by atoms with Crippen LogP contribution in [0.15, 0.2) is 54.7 Å². The van der Waals surface area contributed by atoms with E-state index in [9.17, 15) is 0 Å². The third-order valence-corrected chi connectivity index (χ3v) is 3.16. The molecular formula is C15H12ClN3. The van der Waals surface area contributed by atoms with Crippen LogP contribution in [-0.4, -0.2) is 9.97 Å². The largest absolute Gasteiger partial charge is 0.378 e. The highest BCUT2D eigenvalue weighted by molar-refractivity contribution is 6.33. The fraction of sp³-hybridized carbons (Fsp3) is 0.0667. The Balaban J connectivity index is 1.80. The van der Waals surface area contributed by atoms with Crippen molar-refractivity contribution >= 4 is 28.3 Å². The first-order valence-electron chi connectivity index (χ1n) is 6.02. The molecule has 1 aromatic heterocycles. The number of halogens is 1. The lowest BCUT2D eigenvalue weighted by Gasteiger charge is -2.07. The predicted molar refractivity (Wildman–Crippen MR) is 78.3 cm³/mol. The van der Waals surface area contributed by atoms with Crippen molar-refractivity contribution in [2.24, 2.45) is 0 Å². The molecule has 3 aromatic rings. The van der Waals surface area contributed by atoms with Gasteiger partial charge in [-0.15, -0.1) is 0 Å². The zero-order valence-corrected chi connectivity index (χ0v) is 10.9. The van der Waals surface area contributed by atoms with Gasteiger partial charge in [0.05, 0.1) is 40.2 Å². The molecule has 2 aromatic carbocycles. The minimum Gasteiger partial charge on any atom is -0.378 e. The van der Waals surface area contributed by atoms with Gasteiger partial charge in [0.15, 0.2) is 0 Å². The summed E-state index contributed by atoms with van der Waals surface area (Å²) in [7, 11) is 0. The fourth-order valence-electron chi connectivity index (χ4n) is 1.87. The fourth-order valence-corrected chi connectivity index (χ4v) is 2.07. The summed E-state index contributed by atoms with van der Waals surface area (Å²) < 4.78 is 0. The monoisotopic (exact) mass is 269 g/mol. The average molecular weight is 270 g/mol. The van der Waals surface area contributed by atoms with Gasteiger partial charge in [-0.05, 0) is 24.3 Å². The summed E-state index contributed by atoms with van der Waals surface area (Å²) >= 11 is 6.09. The van der Waals surface area contributed by atoms with E-state index >= 15 is 0 Å². The molecule has 3 nitrogen and oxygen atoms in total. The van der Waals surface area contributed by atoms with E-state index in [1.165, 1.54) is 0 Å². The highest BCUT2D eigenvalue weighted by atomic mass is 35.5. The molecule has 0 bridgehead atoms. The van der Waals surface area contributed by atoms with Gasteiger partial charge in [0.1, 0.15) is 0 Å². The van der Waals surface area contributed by atoms with Gasteiger partial charge < -0.3 is 5.32 Å². The molecule has 3 rings (SSSR count). The van der Waals surface area contributed by atoms with Gasteiger partial charge in [0, 0.05) is 0 Å². The Bertz CT molecular complexity index is 712. The van der Waals surface area contributed by atoms with Crippen LogP contribution in [0.1, 0.15) is 5.69 Å². The molecule has 1 heterocycles. The number of aromatic nitrogens is 2. The number of benzene rings is 2. The van der Waals surface area contributed by atoms with Crippen LogP contribution >= 0.6 is 11.6 Å². The van der Waals surface area contributed by atoms with Crippen molar-refractivity contribution in [1.82, 2.24) is 9.97 Å². The van der Waals surface area contributed by atoms with E-state index in [2.05, 4.69) is 15.3 Å². The van der Waals surface area contributed by atoms with Crippen molar-refractivity contribution in [3.8, 4) is 0 Å². The Morgan fingerprint density at radius 2 is 1.68 bits per heavy atom. The molecule has 1 N–H and O–H groups in total. The molecule has 0 saturated carbocycles. The van der Waals surface area contributed by atoms with E-state index in [0.717, 1.165) is 22.4 Å². The first kappa shape index (κ1) is 11.9. The van der Waals surface area contributed by atoms with Crippen LogP contribution < -0.4 is 5.32 Å². The normalized spacial score (nSPS) is 10.6. The van der Waals surface area contributed by atoms with Crippen molar-refractivity contribution in [2.45, 2.75) is 6.54 Å². The molecule has 19 heavy (non-hydrogen) atoms. The summed E-state index contributed by atoms with van der Waals surface area (Å²) in [5, 5.41) is 3.96. The lowest BCUT2D eigenvalue weighted by molar-refractivity contribution is 1.04. The van der Waals surface area contributed by atoms with E-state index in [0.29, 0.717) is 11.6 Å². The molecule has 0 atom stereocenters. The van der Waals surface area contributed by atoms with Crippen LogP contribution in [0.25, 0.3) is 11.0 Å². The predicted octanol–water partition coefficient (Wildman–Crippen LogP) is 3.90. The zero-order chi connectivity index (χ0) is 13.1. The smallest absolute Gasteiger partial charge is 0.0890 e. The van der Waals surface area contributed by atoms with Gasteiger partial charge in [-0.25, -0.2) is 4.98 Å². The number of hydrogen-bond donors (Lipinski definition) is 1. The Hall–Kier alpha value is -2.13. The highest BCUT2D eigenvalue weighted by Crippen LogP contribution is 2.21. The van der Waals surface area contributed by atoms with Crippen molar-refractivity contribution in [1.29, 1.82) is 0 Å². The Morgan fingerprint density at radius 1 is 0.947 bits per heavy atom. The van der Waals surface area contributed by atoms with Crippen LogP contribution in [-0.2, 0) is 6.54 Å². The van der Waals surface area contributed by atoms with E-state index in [1.54, 1.807) is 6.20 Å². The minimum atomic E-state index is 0.599. The standard InChI is InChI=1S/C15H12ClN3/c16-12-5-1-2-6-13(12)17-9-11-10-18-14-7-3-4-8-15(14)19-11/h1-8,10,17H,9H2. The van der Waals surface area contributed by atoms with Gasteiger partial charge in [0.2, 0.25) is 0 Å². The molecule has 0 aliphatic heterocycles. The lowest BCUT2D eigenvalue weighted by atomic mass is 10.3. The molecule has 94 valence electrons. The number of fused-ring (bicyclic) bond motifs is 1. The van der Waals surface area contributed by atoms with Crippen LogP contribution in [0.4, 0.5) is 5.69 Å². The molecule has 0 aliphatic carbocycles. The minimum absolute atomic E-state index is 0.599. The van der Waals surface area contributed by atoms with Gasteiger partial charge in [-0.2, -0.15) is 0 Å². The van der Waals surface area contributed by atoms with E-state index < -0.39 is 0 Å². The van der Waals surface area contributed by atoms with Crippen molar-refractivity contribution in [3.05, 3.63) is 65.4 Å². The third kappa shape index (κ3) is 2.66. The topological polar surface area (TPSA) is 37.8 Å². The van der Waals surface area contributed by atoms with Gasteiger partial charge >= 0.3 is 0 Å². The lowest BCUT2D eigenvalue weighted by Crippen LogP contribution is -2.02. The second-order valence-corrected chi connectivity index (χ2v) is 4.59. The van der Waals surface area contributed by atoms with Crippen molar-refractivity contribution in [2.75, 3.05) is 5.32 Å². The average Bonchev–Trinajstić information content (AvgIpc) is 2.46. The van der Waals surface area contributed by atoms with Crippen LogP contribution in [0.2, 0.25) is 5.02 Å². The van der Waals surface area contributed by atoms with E-state index in [4.69, 9.17) is 11.6 Å².